The number of aliphatic carboxylic acids is 1. The van der Waals surface area contributed by atoms with Gasteiger partial charge in [-0.2, -0.15) is 0 Å². The molecule has 1 aromatic carbocycles. The van der Waals surface area contributed by atoms with Gasteiger partial charge < -0.3 is 9.84 Å². The number of ether oxygens (including phenoxy) is 1. The van der Waals surface area contributed by atoms with Gasteiger partial charge in [0, 0.05) is 17.9 Å². The van der Waals surface area contributed by atoms with Gasteiger partial charge in [-0.25, -0.2) is 8.78 Å². The van der Waals surface area contributed by atoms with E-state index in [1.807, 2.05) is 0 Å². The fourth-order valence-electron chi connectivity index (χ4n) is 1.56. The Morgan fingerprint density at radius 1 is 1.50 bits per heavy atom. The van der Waals surface area contributed by atoms with Crippen LogP contribution in [0, 0.1) is 0 Å². The topological polar surface area (TPSA) is 46.5 Å². The van der Waals surface area contributed by atoms with Crippen LogP contribution in [0.2, 0.25) is 5.02 Å². The predicted molar refractivity (Wildman–Crippen MR) is 63.4 cm³/mol. The minimum absolute atomic E-state index is 0.0414. The highest BCUT2D eigenvalue weighted by atomic mass is 35.5. The highest BCUT2D eigenvalue weighted by Crippen LogP contribution is 2.40. The molecule has 1 rings (SSSR count). The summed E-state index contributed by atoms with van der Waals surface area (Å²) in [5, 5.41) is 8.62. The Hall–Kier alpha value is -1.36. The van der Waals surface area contributed by atoms with Gasteiger partial charge in [-0.3, -0.25) is 4.79 Å². The van der Waals surface area contributed by atoms with E-state index >= 15 is 0 Å². The lowest BCUT2D eigenvalue weighted by atomic mass is 10.0. The van der Waals surface area contributed by atoms with Crippen molar-refractivity contribution in [3.05, 3.63) is 28.8 Å². The van der Waals surface area contributed by atoms with Gasteiger partial charge in [0.1, 0.15) is 5.75 Å². The van der Waals surface area contributed by atoms with Crippen LogP contribution in [0.3, 0.4) is 0 Å². The quantitative estimate of drug-likeness (QED) is 0.863. The van der Waals surface area contributed by atoms with Crippen LogP contribution in [-0.2, 0) is 10.7 Å². The standard InChI is InChI=1S/C12H13ClF2O3/c1-18-10-5-4-8(13)7-9(10)12(14,15)6-2-3-11(16)17/h4-5,7H,2-3,6H2,1H3,(H,16,17). The van der Waals surface area contributed by atoms with E-state index in [-0.39, 0.29) is 29.2 Å². The highest BCUT2D eigenvalue weighted by molar-refractivity contribution is 6.30. The van der Waals surface area contributed by atoms with E-state index < -0.39 is 18.3 Å². The maximum atomic E-state index is 13.9. The Labute approximate surface area is 108 Å². The zero-order valence-corrected chi connectivity index (χ0v) is 10.5. The number of carboxylic acid groups (broad SMARTS) is 1. The first kappa shape index (κ1) is 14.7. The smallest absolute Gasteiger partial charge is 0.303 e. The number of alkyl halides is 2. The molecule has 6 heteroatoms. The Bertz CT molecular complexity index is 435. The second-order valence-electron chi connectivity index (χ2n) is 3.80. The maximum absolute atomic E-state index is 13.9. The minimum Gasteiger partial charge on any atom is -0.496 e. The van der Waals surface area contributed by atoms with Crippen molar-refractivity contribution < 1.29 is 23.4 Å². The lowest BCUT2D eigenvalue weighted by Gasteiger charge is -2.19. The molecular weight excluding hydrogens is 266 g/mol. The molecular formula is C12H13ClF2O3. The molecule has 0 aliphatic carbocycles. The molecule has 0 heterocycles. The highest BCUT2D eigenvalue weighted by Gasteiger charge is 2.34. The van der Waals surface area contributed by atoms with Gasteiger partial charge in [0.25, 0.3) is 5.92 Å². The average molecular weight is 279 g/mol. The Morgan fingerprint density at radius 2 is 2.17 bits per heavy atom. The number of halogens is 3. The molecule has 0 aromatic heterocycles. The van der Waals surface area contributed by atoms with Crippen molar-refractivity contribution in [3.63, 3.8) is 0 Å². The number of benzene rings is 1. The molecule has 1 N–H and O–H groups in total. The van der Waals surface area contributed by atoms with Crippen molar-refractivity contribution in [1.82, 2.24) is 0 Å². The number of carbonyl (C=O) groups is 1. The van der Waals surface area contributed by atoms with E-state index in [9.17, 15) is 13.6 Å². The fourth-order valence-corrected chi connectivity index (χ4v) is 1.73. The first-order chi connectivity index (χ1) is 8.36. The van der Waals surface area contributed by atoms with Crippen LogP contribution in [0.5, 0.6) is 5.75 Å². The molecule has 0 aliphatic rings. The molecule has 0 radical (unpaired) electrons. The minimum atomic E-state index is -3.16. The summed E-state index contributed by atoms with van der Waals surface area (Å²) in [6.45, 7) is 0. The van der Waals surface area contributed by atoms with Gasteiger partial charge >= 0.3 is 5.97 Å². The maximum Gasteiger partial charge on any atom is 0.303 e. The van der Waals surface area contributed by atoms with Crippen LogP contribution in [0.1, 0.15) is 24.8 Å². The summed E-state index contributed by atoms with van der Waals surface area (Å²) >= 11 is 5.68. The number of hydrogen-bond acceptors (Lipinski definition) is 2. The molecule has 1 aromatic rings. The average Bonchev–Trinajstić information content (AvgIpc) is 2.28. The third-order valence-corrected chi connectivity index (χ3v) is 2.67. The molecule has 0 spiro atoms. The van der Waals surface area contributed by atoms with Gasteiger partial charge in [0.15, 0.2) is 0 Å². The molecule has 0 amide bonds. The molecule has 0 saturated heterocycles. The summed E-state index contributed by atoms with van der Waals surface area (Å²) in [4.78, 5) is 10.3. The molecule has 0 bridgehead atoms. The first-order valence-electron chi connectivity index (χ1n) is 5.30. The molecule has 0 unspecified atom stereocenters. The van der Waals surface area contributed by atoms with E-state index in [4.69, 9.17) is 21.4 Å². The Balaban J connectivity index is 2.88. The normalized spacial score (nSPS) is 11.3. The second kappa shape index (κ2) is 6.00. The molecule has 0 fully saturated rings. The summed E-state index contributed by atoms with van der Waals surface area (Å²) in [5.74, 6) is -4.21. The second-order valence-corrected chi connectivity index (χ2v) is 4.23. The SMILES string of the molecule is COc1ccc(Cl)cc1C(F)(F)CCCC(=O)O. The molecule has 3 nitrogen and oxygen atoms in total. The predicted octanol–water partition coefficient (Wildman–Crippen LogP) is 3.70. The summed E-state index contributed by atoms with van der Waals surface area (Å²) in [6.07, 6.45) is -0.966. The van der Waals surface area contributed by atoms with E-state index in [1.165, 1.54) is 19.2 Å². The van der Waals surface area contributed by atoms with Gasteiger partial charge in [-0.15, -0.1) is 0 Å². The van der Waals surface area contributed by atoms with Crippen molar-refractivity contribution in [2.75, 3.05) is 7.11 Å². The summed E-state index contributed by atoms with van der Waals surface area (Å²) in [5.41, 5.74) is -0.317. The van der Waals surface area contributed by atoms with E-state index in [0.717, 1.165) is 6.07 Å². The Kier molecular flexibility index (Phi) is 4.90. The van der Waals surface area contributed by atoms with Crippen molar-refractivity contribution in [1.29, 1.82) is 0 Å². The largest absolute Gasteiger partial charge is 0.496 e. The van der Waals surface area contributed by atoms with Crippen LogP contribution < -0.4 is 4.74 Å². The lowest BCUT2D eigenvalue weighted by Crippen LogP contribution is -2.15. The third-order valence-electron chi connectivity index (χ3n) is 2.44. The number of rotatable bonds is 6. The molecule has 100 valence electrons. The molecule has 0 aliphatic heterocycles. The zero-order chi connectivity index (χ0) is 13.8. The Morgan fingerprint density at radius 3 is 2.72 bits per heavy atom. The van der Waals surface area contributed by atoms with E-state index in [1.54, 1.807) is 0 Å². The van der Waals surface area contributed by atoms with Gasteiger partial charge in [-0.05, 0) is 24.6 Å². The van der Waals surface area contributed by atoms with E-state index in [0.29, 0.717) is 0 Å². The summed E-state index contributed by atoms with van der Waals surface area (Å²) in [7, 11) is 1.29. The van der Waals surface area contributed by atoms with Crippen LogP contribution >= 0.6 is 11.6 Å². The summed E-state index contributed by atoms with van der Waals surface area (Å²) in [6, 6.07) is 3.96. The third kappa shape index (κ3) is 3.84. The van der Waals surface area contributed by atoms with Crippen LogP contribution in [0.15, 0.2) is 18.2 Å². The van der Waals surface area contributed by atoms with Crippen molar-refractivity contribution >= 4 is 17.6 Å². The zero-order valence-electron chi connectivity index (χ0n) is 9.75. The molecule has 0 atom stereocenters. The lowest BCUT2D eigenvalue weighted by molar-refractivity contribution is -0.137. The van der Waals surface area contributed by atoms with Crippen molar-refractivity contribution in [2.24, 2.45) is 0 Å². The molecule has 0 saturated carbocycles. The van der Waals surface area contributed by atoms with E-state index in [2.05, 4.69) is 0 Å². The first-order valence-corrected chi connectivity index (χ1v) is 5.68. The van der Waals surface area contributed by atoms with Crippen molar-refractivity contribution in [2.45, 2.75) is 25.2 Å². The number of methoxy groups -OCH3 is 1. The summed E-state index contributed by atoms with van der Waals surface area (Å²) < 4.78 is 32.7. The molecule has 18 heavy (non-hydrogen) atoms. The number of carboxylic acids is 1. The monoisotopic (exact) mass is 278 g/mol. The van der Waals surface area contributed by atoms with Gasteiger partial charge in [-0.1, -0.05) is 11.6 Å². The van der Waals surface area contributed by atoms with Crippen LogP contribution in [0.4, 0.5) is 8.78 Å². The van der Waals surface area contributed by atoms with Crippen molar-refractivity contribution in [3.8, 4) is 5.75 Å². The fraction of sp³-hybridized carbons (Fsp3) is 0.417. The van der Waals surface area contributed by atoms with Gasteiger partial charge in [0.2, 0.25) is 0 Å². The van der Waals surface area contributed by atoms with Gasteiger partial charge in [0.05, 0.1) is 12.7 Å². The van der Waals surface area contributed by atoms with Crippen LogP contribution in [-0.4, -0.2) is 18.2 Å². The number of hydrogen-bond donors (Lipinski definition) is 1. The van der Waals surface area contributed by atoms with Crippen LogP contribution in [0.25, 0.3) is 0 Å².